The van der Waals surface area contributed by atoms with E-state index in [4.69, 9.17) is 15.2 Å². The molecular formula is C36H45N3O5. The lowest BCUT2D eigenvalue weighted by molar-refractivity contribution is 0.0270. The molecule has 44 heavy (non-hydrogen) atoms. The van der Waals surface area contributed by atoms with Crippen LogP contribution in [0.1, 0.15) is 50.3 Å². The molecule has 3 aromatic carbocycles. The third kappa shape index (κ3) is 7.62. The van der Waals surface area contributed by atoms with Crippen molar-refractivity contribution in [3.8, 4) is 11.5 Å². The van der Waals surface area contributed by atoms with Crippen LogP contribution in [0.4, 0.5) is 4.79 Å². The Bertz CT molecular complexity index is 1430. The number of carbonyl (C=O) groups excluding carboxylic acids is 1. The number of phenols is 1. The molecule has 1 amide bonds. The molecule has 0 radical (unpaired) electrons. The van der Waals surface area contributed by atoms with Crippen LogP contribution in [0.2, 0.25) is 0 Å². The Morgan fingerprint density at radius 2 is 1.59 bits per heavy atom. The van der Waals surface area contributed by atoms with Crippen molar-refractivity contribution in [2.75, 3.05) is 45.9 Å². The number of aliphatic hydroxyl groups excluding tert-OH is 1. The number of rotatable bonds is 10. The number of aliphatic hydroxyl groups is 1. The molecule has 3 aromatic rings. The van der Waals surface area contributed by atoms with Crippen molar-refractivity contribution in [2.24, 2.45) is 11.7 Å². The van der Waals surface area contributed by atoms with Gasteiger partial charge in [-0.1, -0.05) is 54.6 Å². The van der Waals surface area contributed by atoms with Crippen LogP contribution in [0.3, 0.4) is 0 Å². The number of nitrogens with two attached hydrogens (primary N) is 1. The Morgan fingerprint density at radius 1 is 0.932 bits per heavy atom. The van der Waals surface area contributed by atoms with E-state index in [1.807, 2.05) is 63.2 Å². The summed E-state index contributed by atoms with van der Waals surface area (Å²) in [7, 11) is 0. The van der Waals surface area contributed by atoms with Crippen LogP contribution in [0, 0.1) is 5.92 Å². The summed E-state index contributed by atoms with van der Waals surface area (Å²) in [6.45, 7) is 9.69. The van der Waals surface area contributed by atoms with Gasteiger partial charge in [0.2, 0.25) is 0 Å². The predicted molar refractivity (Wildman–Crippen MR) is 173 cm³/mol. The first-order valence-electron chi connectivity index (χ1n) is 15.5. The zero-order valence-corrected chi connectivity index (χ0v) is 26.0. The number of amides is 1. The van der Waals surface area contributed by atoms with Gasteiger partial charge < -0.3 is 30.3 Å². The standard InChI is InChI=1S/C36H45N3O5/c1-35(2,3)44-34(42)39-23-29-22-38(24-36(29,37)25-39)19-21-43-31-17-13-28(14-18-31)33(27-11-15-30(41)16-12-27)32(10-7-20-40)26-8-5-4-6-9-26/h4-6,8-9,11-18,29,40-41H,7,10,19-25,37H2,1-3H3/b33-32-/t29-,36-/m0/s1. The lowest BCUT2D eigenvalue weighted by Crippen LogP contribution is -2.50. The van der Waals surface area contributed by atoms with Crippen LogP contribution in [0.15, 0.2) is 78.9 Å². The number of phenolic OH excluding ortho intramolecular Hbond substituents is 1. The Morgan fingerprint density at radius 3 is 2.20 bits per heavy atom. The van der Waals surface area contributed by atoms with Gasteiger partial charge >= 0.3 is 6.09 Å². The molecule has 2 heterocycles. The highest BCUT2D eigenvalue weighted by molar-refractivity contribution is 5.98. The number of fused-ring (bicyclic) bond motifs is 1. The molecule has 0 unspecified atom stereocenters. The average molecular weight is 600 g/mol. The number of hydrogen-bond donors (Lipinski definition) is 3. The van der Waals surface area contributed by atoms with E-state index in [1.165, 1.54) is 0 Å². The van der Waals surface area contributed by atoms with E-state index in [2.05, 4.69) is 29.2 Å². The zero-order valence-electron chi connectivity index (χ0n) is 26.0. The number of nitrogens with zero attached hydrogens (tertiary/aromatic N) is 2. The van der Waals surface area contributed by atoms with Crippen molar-refractivity contribution in [3.05, 3.63) is 95.6 Å². The van der Waals surface area contributed by atoms with E-state index in [1.54, 1.807) is 17.0 Å². The van der Waals surface area contributed by atoms with Crippen molar-refractivity contribution in [3.63, 3.8) is 0 Å². The Labute approximate surface area is 260 Å². The fourth-order valence-corrected chi connectivity index (χ4v) is 6.31. The fraction of sp³-hybridized carbons (Fsp3) is 0.417. The quantitative estimate of drug-likeness (QED) is 0.269. The van der Waals surface area contributed by atoms with Crippen LogP contribution < -0.4 is 10.5 Å². The summed E-state index contributed by atoms with van der Waals surface area (Å²) in [5, 5.41) is 19.6. The number of carbonyl (C=O) groups is 1. The summed E-state index contributed by atoms with van der Waals surface area (Å²) in [6, 6.07) is 25.6. The molecule has 234 valence electrons. The first-order valence-corrected chi connectivity index (χ1v) is 15.5. The van der Waals surface area contributed by atoms with E-state index in [9.17, 15) is 15.0 Å². The van der Waals surface area contributed by atoms with Gasteiger partial charge in [0.1, 0.15) is 23.7 Å². The molecular weight excluding hydrogens is 554 g/mol. The second-order valence-electron chi connectivity index (χ2n) is 13.0. The molecule has 8 heteroatoms. The molecule has 2 atom stereocenters. The number of aromatic hydroxyl groups is 1. The summed E-state index contributed by atoms with van der Waals surface area (Å²) in [5.41, 5.74) is 11.1. The van der Waals surface area contributed by atoms with Gasteiger partial charge in [0, 0.05) is 45.2 Å². The maximum absolute atomic E-state index is 12.6. The van der Waals surface area contributed by atoms with Gasteiger partial charge in [0.15, 0.2) is 0 Å². The molecule has 5 rings (SSSR count). The summed E-state index contributed by atoms with van der Waals surface area (Å²) < 4.78 is 11.7. The van der Waals surface area contributed by atoms with Crippen LogP contribution in [0.25, 0.3) is 11.1 Å². The molecule has 0 aliphatic carbocycles. The maximum atomic E-state index is 12.6. The van der Waals surface area contributed by atoms with Crippen LogP contribution in [-0.2, 0) is 4.74 Å². The summed E-state index contributed by atoms with van der Waals surface area (Å²) in [4.78, 5) is 16.6. The molecule has 2 aliphatic rings. The molecule has 0 saturated carbocycles. The number of likely N-dealkylation sites (tertiary alicyclic amines) is 2. The molecule has 0 bridgehead atoms. The van der Waals surface area contributed by atoms with Gasteiger partial charge in [-0.2, -0.15) is 0 Å². The van der Waals surface area contributed by atoms with Gasteiger partial charge in [0.25, 0.3) is 0 Å². The summed E-state index contributed by atoms with van der Waals surface area (Å²) in [6.07, 6.45) is 1.07. The van der Waals surface area contributed by atoms with E-state index >= 15 is 0 Å². The summed E-state index contributed by atoms with van der Waals surface area (Å²) in [5.74, 6) is 1.22. The van der Waals surface area contributed by atoms with E-state index in [0.717, 1.165) is 53.2 Å². The minimum absolute atomic E-state index is 0.108. The van der Waals surface area contributed by atoms with Crippen molar-refractivity contribution < 1.29 is 24.5 Å². The largest absolute Gasteiger partial charge is 0.508 e. The van der Waals surface area contributed by atoms with Crippen LogP contribution >= 0.6 is 0 Å². The number of benzene rings is 3. The van der Waals surface area contributed by atoms with Gasteiger partial charge in [0.05, 0.1) is 5.54 Å². The highest BCUT2D eigenvalue weighted by atomic mass is 16.6. The van der Waals surface area contributed by atoms with Crippen LogP contribution in [-0.4, -0.2) is 83.2 Å². The van der Waals surface area contributed by atoms with Crippen molar-refractivity contribution in [2.45, 2.75) is 44.8 Å². The first kappa shape index (κ1) is 31.6. The second kappa shape index (κ2) is 13.4. The molecule has 2 fully saturated rings. The lowest BCUT2D eigenvalue weighted by atomic mass is 9.87. The highest BCUT2D eigenvalue weighted by Crippen LogP contribution is 2.37. The van der Waals surface area contributed by atoms with Gasteiger partial charge in [-0.05, 0) is 85.7 Å². The maximum Gasteiger partial charge on any atom is 0.410 e. The molecule has 4 N–H and O–H groups in total. The van der Waals surface area contributed by atoms with E-state index < -0.39 is 11.1 Å². The Hall–Kier alpha value is -3.85. The number of ether oxygens (including phenoxy) is 2. The summed E-state index contributed by atoms with van der Waals surface area (Å²) >= 11 is 0. The Kier molecular flexibility index (Phi) is 9.63. The predicted octanol–water partition coefficient (Wildman–Crippen LogP) is 5.38. The van der Waals surface area contributed by atoms with Crippen LogP contribution in [0.5, 0.6) is 11.5 Å². The lowest BCUT2D eigenvalue weighted by Gasteiger charge is -2.27. The normalized spacial score (nSPS) is 20.8. The van der Waals surface area contributed by atoms with Gasteiger partial charge in [-0.3, -0.25) is 4.90 Å². The Balaban J connectivity index is 1.24. The minimum Gasteiger partial charge on any atom is -0.508 e. The first-order chi connectivity index (χ1) is 21.0. The number of allylic oxidation sites excluding steroid dienone is 1. The number of hydrogen-bond acceptors (Lipinski definition) is 7. The van der Waals surface area contributed by atoms with E-state index in [-0.39, 0.29) is 24.4 Å². The van der Waals surface area contributed by atoms with Crippen molar-refractivity contribution in [1.82, 2.24) is 9.80 Å². The molecule has 2 aliphatic heterocycles. The monoisotopic (exact) mass is 599 g/mol. The van der Waals surface area contributed by atoms with Gasteiger partial charge in [-0.15, -0.1) is 0 Å². The fourth-order valence-electron chi connectivity index (χ4n) is 6.31. The van der Waals surface area contributed by atoms with Gasteiger partial charge in [-0.25, -0.2) is 4.79 Å². The second-order valence-corrected chi connectivity index (χ2v) is 13.0. The molecule has 8 nitrogen and oxygen atoms in total. The molecule has 0 spiro atoms. The zero-order chi connectivity index (χ0) is 31.3. The molecule has 0 aromatic heterocycles. The van der Waals surface area contributed by atoms with E-state index in [0.29, 0.717) is 32.5 Å². The third-order valence-corrected chi connectivity index (χ3v) is 8.37. The molecule has 2 saturated heterocycles. The minimum atomic E-state index is -0.522. The van der Waals surface area contributed by atoms with Crippen molar-refractivity contribution in [1.29, 1.82) is 0 Å². The smallest absolute Gasteiger partial charge is 0.410 e. The average Bonchev–Trinajstić information content (AvgIpc) is 3.47. The third-order valence-electron chi connectivity index (χ3n) is 8.37. The SMILES string of the molecule is CC(C)(C)OC(=O)N1C[C@@H]2CN(CCOc3ccc(/C(=C(/CCCO)c4ccccc4)c4ccc(O)cc4)cc3)C[C@]2(N)C1. The highest BCUT2D eigenvalue weighted by Gasteiger charge is 2.51. The van der Waals surface area contributed by atoms with Crippen molar-refractivity contribution >= 4 is 17.2 Å². The topological polar surface area (TPSA) is 108 Å².